The summed E-state index contributed by atoms with van der Waals surface area (Å²) in [5, 5.41) is 3.03. The van der Waals surface area contributed by atoms with E-state index in [1.54, 1.807) is 6.20 Å². The van der Waals surface area contributed by atoms with Crippen molar-refractivity contribution in [2.24, 2.45) is 5.92 Å². The van der Waals surface area contributed by atoms with E-state index in [2.05, 4.69) is 41.0 Å². The van der Waals surface area contributed by atoms with Crippen LogP contribution in [-0.4, -0.2) is 30.1 Å². The first-order valence-corrected chi connectivity index (χ1v) is 6.49. The monoisotopic (exact) mass is 236 g/mol. The first-order chi connectivity index (χ1) is 8.24. The lowest BCUT2D eigenvalue weighted by molar-refractivity contribution is 0.484. The van der Waals surface area contributed by atoms with Crippen molar-refractivity contribution in [2.45, 2.75) is 33.6 Å². The summed E-state index contributed by atoms with van der Waals surface area (Å²) in [6.07, 6.45) is 6.01. The van der Waals surface area contributed by atoms with E-state index in [0.29, 0.717) is 0 Å². The predicted octanol–water partition coefficient (Wildman–Crippen LogP) is 2.78. The van der Waals surface area contributed by atoms with Gasteiger partial charge >= 0.3 is 0 Å². The van der Waals surface area contributed by atoms with E-state index in [0.717, 1.165) is 30.6 Å². The summed E-state index contributed by atoms with van der Waals surface area (Å²) in [7, 11) is 1.87. The third kappa shape index (κ3) is 3.88. The molecule has 1 aromatic rings. The summed E-state index contributed by atoms with van der Waals surface area (Å²) >= 11 is 0. The SMILES string of the molecule is CCC(CC)CN(CC)c1cncc(NC)n1. The second-order valence-electron chi connectivity index (χ2n) is 4.23. The van der Waals surface area contributed by atoms with Crippen molar-refractivity contribution in [1.29, 1.82) is 0 Å². The van der Waals surface area contributed by atoms with Crippen molar-refractivity contribution in [3.8, 4) is 0 Å². The smallest absolute Gasteiger partial charge is 0.149 e. The van der Waals surface area contributed by atoms with Crippen LogP contribution in [0, 0.1) is 5.92 Å². The normalized spacial score (nSPS) is 10.6. The van der Waals surface area contributed by atoms with Crippen LogP contribution < -0.4 is 10.2 Å². The van der Waals surface area contributed by atoms with Gasteiger partial charge in [-0.15, -0.1) is 0 Å². The van der Waals surface area contributed by atoms with Gasteiger partial charge < -0.3 is 10.2 Å². The second-order valence-corrected chi connectivity index (χ2v) is 4.23. The second kappa shape index (κ2) is 7.09. The predicted molar refractivity (Wildman–Crippen MR) is 73.5 cm³/mol. The maximum atomic E-state index is 4.54. The van der Waals surface area contributed by atoms with Crippen LogP contribution in [0.15, 0.2) is 12.4 Å². The number of hydrogen-bond donors (Lipinski definition) is 1. The number of nitrogens with one attached hydrogen (secondary N) is 1. The standard InChI is InChI=1S/C13H24N4/c1-5-11(6-2)10-17(7-3)13-9-15-8-12(14-4)16-13/h8-9,11H,5-7,10H2,1-4H3,(H,14,16). The Morgan fingerprint density at radius 1 is 1.24 bits per heavy atom. The molecule has 96 valence electrons. The van der Waals surface area contributed by atoms with Crippen LogP contribution in [-0.2, 0) is 0 Å². The Balaban J connectivity index is 2.77. The van der Waals surface area contributed by atoms with Crippen LogP contribution in [0.1, 0.15) is 33.6 Å². The summed E-state index contributed by atoms with van der Waals surface area (Å²) in [6.45, 7) is 8.69. The summed E-state index contributed by atoms with van der Waals surface area (Å²) in [4.78, 5) is 11.1. The lowest BCUT2D eigenvalue weighted by Crippen LogP contribution is -2.30. The Hall–Kier alpha value is -1.32. The molecule has 0 amide bonds. The van der Waals surface area contributed by atoms with Crippen molar-refractivity contribution in [1.82, 2.24) is 9.97 Å². The average Bonchev–Trinajstić information content (AvgIpc) is 2.40. The highest BCUT2D eigenvalue weighted by Crippen LogP contribution is 2.16. The number of anilines is 2. The zero-order chi connectivity index (χ0) is 12.7. The van der Waals surface area contributed by atoms with Crippen LogP contribution in [0.25, 0.3) is 0 Å². The summed E-state index contributed by atoms with van der Waals surface area (Å²) in [5.74, 6) is 2.52. The zero-order valence-electron chi connectivity index (χ0n) is 11.4. The number of nitrogens with zero attached hydrogens (tertiary/aromatic N) is 3. The molecule has 0 saturated carbocycles. The molecule has 0 atom stereocenters. The van der Waals surface area contributed by atoms with E-state index >= 15 is 0 Å². The van der Waals surface area contributed by atoms with Crippen LogP contribution >= 0.6 is 0 Å². The highest BCUT2D eigenvalue weighted by Gasteiger charge is 2.12. The summed E-state index contributed by atoms with van der Waals surface area (Å²) < 4.78 is 0. The van der Waals surface area contributed by atoms with Crippen LogP contribution in [0.5, 0.6) is 0 Å². The fourth-order valence-electron chi connectivity index (χ4n) is 1.87. The molecule has 0 unspecified atom stereocenters. The molecule has 1 rings (SSSR count). The van der Waals surface area contributed by atoms with Crippen LogP contribution in [0.2, 0.25) is 0 Å². The molecule has 0 bridgehead atoms. The lowest BCUT2D eigenvalue weighted by atomic mass is 10.0. The molecule has 0 aliphatic carbocycles. The van der Waals surface area contributed by atoms with Gasteiger partial charge in [-0.3, -0.25) is 4.98 Å². The minimum absolute atomic E-state index is 0.731. The Kier molecular flexibility index (Phi) is 5.73. The molecule has 0 saturated heterocycles. The highest BCUT2D eigenvalue weighted by atomic mass is 15.2. The van der Waals surface area contributed by atoms with Gasteiger partial charge in [0.15, 0.2) is 0 Å². The molecule has 0 fully saturated rings. The molecule has 1 N–H and O–H groups in total. The molecular formula is C13H24N4. The largest absolute Gasteiger partial charge is 0.372 e. The van der Waals surface area contributed by atoms with Crippen molar-refractivity contribution in [2.75, 3.05) is 30.4 Å². The Morgan fingerprint density at radius 2 is 1.94 bits per heavy atom. The minimum atomic E-state index is 0.731. The topological polar surface area (TPSA) is 41.1 Å². The fraction of sp³-hybridized carbons (Fsp3) is 0.692. The van der Waals surface area contributed by atoms with Gasteiger partial charge in [-0.05, 0) is 12.8 Å². The van der Waals surface area contributed by atoms with Gasteiger partial charge in [0.1, 0.15) is 11.6 Å². The molecule has 0 aliphatic heterocycles. The molecule has 0 aromatic carbocycles. The zero-order valence-corrected chi connectivity index (χ0v) is 11.4. The Bertz CT molecular complexity index is 323. The average molecular weight is 236 g/mol. The van der Waals surface area contributed by atoms with Crippen LogP contribution in [0.4, 0.5) is 11.6 Å². The third-order valence-electron chi connectivity index (χ3n) is 3.22. The van der Waals surface area contributed by atoms with Crippen molar-refractivity contribution in [3.63, 3.8) is 0 Å². The first-order valence-electron chi connectivity index (χ1n) is 6.49. The van der Waals surface area contributed by atoms with E-state index in [1.165, 1.54) is 12.8 Å². The first kappa shape index (κ1) is 13.7. The van der Waals surface area contributed by atoms with Gasteiger partial charge in [-0.25, -0.2) is 4.98 Å². The summed E-state index contributed by atoms with van der Waals surface area (Å²) in [5.41, 5.74) is 0. The molecule has 0 aliphatic rings. The number of rotatable bonds is 7. The molecule has 17 heavy (non-hydrogen) atoms. The van der Waals surface area contributed by atoms with Gasteiger partial charge in [0.05, 0.1) is 12.4 Å². The van der Waals surface area contributed by atoms with Gasteiger partial charge in [0.25, 0.3) is 0 Å². The molecule has 1 heterocycles. The van der Waals surface area contributed by atoms with E-state index in [1.807, 2.05) is 13.2 Å². The summed E-state index contributed by atoms with van der Waals surface area (Å²) in [6, 6.07) is 0. The highest BCUT2D eigenvalue weighted by molar-refractivity contribution is 5.43. The van der Waals surface area contributed by atoms with E-state index in [9.17, 15) is 0 Å². The number of hydrogen-bond acceptors (Lipinski definition) is 4. The maximum absolute atomic E-state index is 4.54. The lowest BCUT2D eigenvalue weighted by Gasteiger charge is -2.26. The maximum Gasteiger partial charge on any atom is 0.149 e. The minimum Gasteiger partial charge on any atom is -0.372 e. The third-order valence-corrected chi connectivity index (χ3v) is 3.22. The molecule has 4 heteroatoms. The number of aromatic nitrogens is 2. The molecule has 0 radical (unpaired) electrons. The Labute approximate surface area is 104 Å². The van der Waals surface area contributed by atoms with E-state index < -0.39 is 0 Å². The van der Waals surface area contributed by atoms with Gasteiger partial charge in [-0.1, -0.05) is 26.7 Å². The Morgan fingerprint density at radius 3 is 2.47 bits per heavy atom. The van der Waals surface area contributed by atoms with Gasteiger partial charge in [0.2, 0.25) is 0 Å². The fourth-order valence-corrected chi connectivity index (χ4v) is 1.87. The van der Waals surface area contributed by atoms with Crippen molar-refractivity contribution in [3.05, 3.63) is 12.4 Å². The molecule has 1 aromatic heterocycles. The van der Waals surface area contributed by atoms with Gasteiger partial charge in [-0.2, -0.15) is 0 Å². The van der Waals surface area contributed by atoms with Crippen LogP contribution in [0.3, 0.4) is 0 Å². The molecule has 4 nitrogen and oxygen atoms in total. The molecule has 0 spiro atoms. The van der Waals surface area contributed by atoms with Crippen molar-refractivity contribution >= 4 is 11.6 Å². The van der Waals surface area contributed by atoms with E-state index in [4.69, 9.17) is 0 Å². The van der Waals surface area contributed by atoms with Crippen molar-refractivity contribution < 1.29 is 0 Å². The van der Waals surface area contributed by atoms with Gasteiger partial charge in [0, 0.05) is 20.1 Å². The van der Waals surface area contributed by atoms with E-state index in [-0.39, 0.29) is 0 Å². The molecular weight excluding hydrogens is 212 g/mol. The quantitative estimate of drug-likeness (QED) is 0.790.